The van der Waals surface area contributed by atoms with E-state index in [0.29, 0.717) is 15.8 Å². The average Bonchev–Trinajstić information content (AvgIpc) is 2.97. The van der Waals surface area contributed by atoms with Gasteiger partial charge in [-0.2, -0.15) is 0 Å². The van der Waals surface area contributed by atoms with Gasteiger partial charge >= 0.3 is 0 Å². The van der Waals surface area contributed by atoms with Crippen molar-refractivity contribution in [3.8, 4) is 0 Å². The third-order valence-electron chi connectivity index (χ3n) is 3.23. The zero-order chi connectivity index (χ0) is 14.5. The van der Waals surface area contributed by atoms with Gasteiger partial charge in [0.25, 0.3) is 0 Å². The lowest BCUT2D eigenvalue weighted by Gasteiger charge is -2.23. The quantitative estimate of drug-likeness (QED) is 0.832. The number of benzene rings is 1. The molecule has 2 unspecified atom stereocenters. The van der Waals surface area contributed by atoms with Crippen molar-refractivity contribution in [2.24, 2.45) is 0 Å². The van der Waals surface area contributed by atoms with Gasteiger partial charge in [0.05, 0.1) is 29.0 Å². The Morgan fingerprint density at radius 3 is 2.55 bits per heavy atom. The summed E-state index contributed by atoms with van der Waals surface area (Å²) in [5.41, 5.74) is 1.03. The first kappa shape index (κ1) is 15.4. The highest BCUT2D eigenvalue weighted by Gasteiger charge is 2.19. The fourth-order valence-corrected chi connectivity index (χ4v) is 2.44. The van der Waals surface area contributed by atoms with Gasteiger partial charge < -0.3 is 9.52 Å². The Morgan fingerprint density at radius 2 is 2.00 bits per heavy atom. The Balaban J connectivity index is 2.17. The van der Waals surface area contributed by atoms with E-state index in [1.54, 1.807) is 18.4 Å². The Morgan fingerprint density at radius 1 is 1.20 bits per heavy atom. The minimum Gasteiger partial charge on any atom is -0.468 e. The largest absolute Gasteiger partial charge is 0.468 e. The summed E-state index contributed by atoms with van der Waals surface area (Å²) in [6.45, 7) is 2.03. The van der Waals surface area contributed by atoms with Crippen LogP contribution in [0.1, 0.15) is 36.8 Å². The van der Waals surface area contributed by atoms with E-state index in [-0.39, 0.29) is 18.7 Å². The summed E-state index contributed by atoms with van der Waals surface area (Å²) >= 11 is 12.0. The van der Waals surface area contributed by atoms with Crippen LogP contribution < -0.4 is 5.32 Å². The molecule has 3 nitrogen and oxygen atoms in total. The van der Waals surface area contributed by atoms with Crippen LogP contribution in [0.15, 0.2) is 41.0 Å². The molecule has 0 saturated heterocycles. The van der Waals surface area contributed by atoms with Gasteiger partial charge in [0.2, 0.25) is 0 Å². The lowest BCUT2D eigenvalue weighted by Crippen LogP contribution is -2.28. The molecule has 2 N–H and O–H groups in total. The normalized spacial score (nSPS) is 14.2. The third-order valence-corrected chi connectivity index (χ3v) is 3.96. The number of nitrogens with one attached hydrogen (secondary N) is 1. The summed E-state index contributed by atoms with van der Waals surface area (Å²) in [4.78, 5) is 0. The number of rotatable bonds is 6. The van der Waals surface area contributed by atoms with Crippen LogP contribution in [0.3, 0.4) is 0 Å². The van der Waals surface area contributed by atoms with Gasteiger partial charge in [-0.3, -0.25) is 5.32 Å². The molecule has 0 amide bonds. The number of hydrogen-bond donors (Lipinski definition) is 2. The first-order chi connectivity index (χ1) is 9.65. The molecule has 20 heavy (non-hydrogen) atoms. The van der Waals surface area contributed by atoms with Crippen molar-refractivity contribution >= 4 is 23.2 Å². The van der Waals surface area contributed by atoms with Crippen molar-refractivity contribution in [2.75, 3.05) is 6.61 Å². The first-order valence-electron chi connectivity index (χ1n) is 6.51. The molecule has 1 aromatic carbocycles. The zero-order valence-corrected chi connectivity index (χ0v) is 12.7. The maximum absolute atomic E-state index is 9.52. The van der Waals surface area contributed by atoms with Crippen molar-refractivity contribution in [1.29, 1.82) is 0 Å². The summed E-state index contributed by atoms with van der Waals surface area (Å²) in [7, 11) is 0. The molecule has 0 bridgehead atoms. The van der Waals surface area contributed by atoms with Gasteiger partial charge in [0.15, 0.2) is 0 Å². The standard InChI is InChI=1S/C15H17Cl2NO2/c1-2-13(10-5-6-11(16)12(17)8-10)18-14(9-19)15-4-3-7-20-15/h3-8,13-14,18-19H,2,9H2,1H3. The summed E-state index contributed by atoms with van der Waals surface area (Å²) in [5, 5.41) is 14.0. The second-order valence-corrected chi connectivity index (χ2v) is 5.37. The number of halogens is 2. The van der Waals surface area contributed by atoms with Crippen molar-refractivity contribution in [2.45, 2.75) is 25.4 Å². The van der Waals surface area contributed by atoms with Crippen molar-refractivity contribution < 1.29 is 9.52 Å². The molecule has 0 aliphatic heterocycles. The molecule has 2 aromatic rings. The van der Waals surface area contributed by atoms with Gasteiger partial charge in [-0.15, -0.1) is 0 Å². The van der Waals surface area contributed by atoms with Crippen LogP contribution in [0.25, 0.3) is 0 Å². The first-order valence-corrected chi connectivity index (χ1v) is 7.26. The highest BCUT2D eigenvalue weighted by Crippen LogP contribution is 2.28. The molecule has 2 rings (SSSR count). The van der Waals surface area contributed by atoms with Crippen molar-refractivity contribution in [3.05, 3.63) is 58.0 Å². The van der Waals surface area contributed by atoms with Crippen molar-refractivity contribution in [3.63, 3.8) is 0 Å². The molecule has 1 aromatic heterocycles. The molecule has 2 atom stereocenters. The lowest BCUT2D eigenvalue weighted by atomic mass is 10.0. The molecular formula is C15H17Cl2NO2. The van der Waals surface area contributed by atoms with Crippen LogP contribution in [0, 0.1) is 0 Å². The minimum atomic E-state index is -0.246. The highest BCUT2D eigenvalue weighted by atomic mass is 35.5. The Kier molecular flexibility index (Phi) is 5.49. The maximum atomic E-state index is 9.52. The fraction of sp³-hybridized carbons (Fsp3) is 0.333. The van der Waals surface area contributed by atoms with Gasteiger partial charge in [-0.25, -0.2) is 0 Å². The lowest BCUT2D eigenvalue weighted by molar-refractivity contribution is 0.213. The van der Waals surface area contributed by atoms with E-state index in [1.807, 2.05) is 18.2 Å². The van der Waals surface area contributed by atoms with Crippen molar-refractivity contribution in [1.82, 2.24) is 5.32 Å². The molecule has 5 heteroatoms. The average molecular weight is 314 g/mol. The topological polar surface area (TPSA) is 45.4 Å². The fourth-order valence-electron chi connectivity index (χ4n) is 2.14. The SMILES string of the molecule is CCC(NC(CO)c1ccco1)c1ccc(Cl)c(Cl)c1. The second kappa shape index (κ2) is 7.14. The van der Waals surface area contributed by atoms with Crippen LogP contribution in [0.4, 0.5) is 0 Å². The minimum absolute atomic E-state index is 0.0364. The van der Waals surface area contributed by atoms with E-state index >= 15 is 0 Å². The van der Waals surface area contributed by atoms with E-state index < -0.39 is 0 Å². The third kappa shape index (κ3) is 3.55. The Labute approximate surface area is 128 Å². The van der Waals surface area contributed by atoms with Gasteiger partial charge in [0, 0.05) is 6.04 Å². The second-order valence-electron chi connectivity index (χ2n) is 4.55. The number of aliphatic hydroxyl groups excluding tert-OH is 1. The predicted octanol–water partition coefficient (Wildman–Crippen LogP) is 4.36. The highest BCUT2D eigenvalue weighted by molar-refractivity contribution is 6.42. The van der Waals surface area contributed by atoms with E-state index in [2.05, 4.69) is 12.2 Å². The van der Waals surface area contributed by atoms with Crippen LogP contribution >= 0.6 is 23.2 Å². The van der Waals surface area contributed by atoms with Crippen LogP contribution in [-0.4, -0.2) is 11.7 Å². The van der Waals surface area contributed by atoms with E-state index in [0.717, 1.165) is 12.0 Å². The van der Waals surface area contributed by atoms with Crippen LogP contribution in [0.5, 0.6) is 0 Å². The summed E-state index contributed by atoms with van der Waals surface area (Å²) in [5.74, 6) is 0.714. The molecule has 1 heterocycles. The molecule has 0 spiro atoms. The predicted molar refractivity (Wildman–Crippen MR) is 81.2 cm³/mol. The summed E-state index contributed by atoms with van der Waals surface area (Å²) in [6.07, 6.45) is 2.45. The van der Waals surface area contributed by atoms with Gasteiger partial charge in [-0.05, 0) is 36.2 Å². The van der Waals surface area contributed by atoms with Gasteiger partial charge in [-0.1, -0.05) is 36.2 Å². The smallest absolute Gasteiger partial charge is 0.123 e. The van der Waals surface area contributed by atoms with Gasteiger partial charge in [0.1, 0.15) is 5.76 Å². The number of furan rings is 1. The monoisotopic (exact) mass is 313 g/mol. The van der Waals surface area contributed by atoms with Crippen LogP contribution in [-0.2, 0) is 0 Å². The Bertz CT molecular complexity index is 543. The molecular weight excluding hydrogens is 297 g/mol. The summed E-state index contributed by atoms with van der Waals surface area (Å²) in [6, 6.07) is 9.03. The zero-order valence-electron chi connectivity index (χ0n) is 11.1. The van der Waals surface area contributed by atoms with E-state index in [9.17, 15) is 5.11 Å². The molecule has 108 valence electrons. The molecule has 0 fully saturated rings. The maximum Gasteiger partial charge on any atom is 0.123 e. The van der Waals surface area contributed by atoms with E-state index in [4.69, 9.17) is 27.6 Å². The number of aliphatic hydroxyl groups is 1. The molecule has 0 aliphatic rings. The molecule has 0 saturated carbocycles. The number of hydrogen-bond acceptors (Lipinski definition) is 3. The summed E-state index contributed by atoms with van der Waals surface area (Å²) < 4.78 is 5.34. The van der Waals surface area contributed by atoms with E-state index in [1.165, 1.54) is 0 Å². The van der Waals surface area contributed by atoms with Crippen LogP contribution in [0.2, 0.25) is 10.0 Å². The molecule has 0 radical (unpaired) electrons. The molecule has 0 aliphatic carbocycles. The Hall–Kier alpha value is -1.000.